The van der Waals surface area contributed by atoms with E-state index in [9.17, 15) is 4.79 Å². The highest BCUT2D eigenvalue weighted by atomic mass is 16.7. The zero-order chi connectivity index (χ0) is 10.8. The van der Waals surface area contributed by atoms with Crippen LogP contribution < -0.4 is 0 Å². The fraction of sp³-hybridized carbons (Fsp3) is 0.750. The Bertz CT molecular complexity index is 283. The van der Waals surface area contributed by atoms with Crippen LogP contribution in [0.2, 0.25) is 0 Å². The molecule has 0 amide bonds. The zero-order valence-corrected chi connectivity index (χ0v) is 9.36. The Kier molecular flexibility index (Phi) is 2.98. The Balaban J connectivity index is 1.87. The van der Waals surface area contributed by atoms with Crippen molar-refractivity contribution in [2.45, 2.75) is 26.2 Å². The summed E-state index contributed by atoms with van der Waals surface area (Å²) >= 11 is 0. The molecule has 0 aromatic rings. The number of carbonyl (C=O) groups is 1. The van der Waals surface area contributed by atoms with Gasteiger partial charge in [0.1, 0.15) is 0 Å². The van der Waals surface area contributed by atoms with Crippen LogP contribution in [-0.4, -0.2) is 19.9 Å². The van der Waals surface area contributed by atoms with E-state index < -0.39 is 6.16 Å². The molecule has 2 fully saturated rings. The van der Waals surface area contributed by atoms with Gasteiger partial charge in [-0.1, -0.05) is 11.6 Å². The summed E-state index contributed by atoms with van der Waals surface area (Å²) in [6.45, 7) is 2.62. The standard InChI is InChI=1S/C12H18O3/c1-3-9-4-8-5-10(11(9)6-8)7-15-12(13)14-2/h3,8,10-11H,4-7H2,1-2H3/b9-3+/t8-,10?,11+/m0/s1. The van der Waals surface area contributed by atoms with E-state index in [2.05, 4.69) is 17.7 Å². The molecule has 0 aromatic carbocycles. The van der Waals surface area contributed by atoms with E-state index in [-0.39, 0.29) is 0 Å². The molecule has 3 nitrogen and oxygen atoms in total. The molecular formula is C12H18O3. The van der Waals surface area contributed by atoms with Crippen molar-refractivity contribution in [3.05, 3.63) is 11.6 Å². The number of hydrogen-bond acceptors (Lipinski definition) is 3. The molecule has 0 radical (unpaired) electrons. The Hall–Kier alpha value is -0.990. The van der Waals surface area contributed by atoms with E-state index in [0.717, 1.165) is 5.92 Å². The van der Waals surface area contributed by atoms with Gasteiger partial charge in [0.15, 0.2) is 0 Å². The van der Waals surface area contributed by atoms with Gasteiger partial charge in [0.25, 0.3) is 0 Å². The van der Waals surface area contributed by atoms with Gasteiger partial charge in [-0.05, 0) is 38.0 Å². The van der Waals surface area contributed by atoms with Crippen molar-refractivity contribution < 1.29 is 14.3 Å². The minimum Gasteiger partial charge on any atom is -0.438 e. The molecule has 0 N–H and O–H groups in total. The van der Waals surface area contributed by atoms with Crippen molar-refractivity contribution in [1.29, 1.82) is 0 Å². The first-order valence-electron chi connectivity index (χ1n) is 5.60. The van der Waals surface area contributed by atoms with E-state index in [0.29, 0.717) is 18.4 Å². The van der Waals surface area contributed by atoms with Gasteiger partial charge in [-0.3, -0.25) is 0 Å². The monoisotopic (exact) mass is 210 g/mol. The molecule has 0 aliphatic heterocycles. The first-order valence-corrected chi connectivity index (χ1v) is 5.60. The summed E-state index contributed by atoms with van der Waals surface area (Å²) in [5, 5.41) is 0. The fourth-order valence-corrected chi connectivity index (χ4v) is 3.10. The summed E-state index contributed by atoms with van der Waals surface area (Å²) in [6.07, 6.45) is 5.43. The van der Waals surface area contributed by atoms with Crippen LogP contribution in [0.3, 0.4) is 0 Å². The van der Waals surface area contributed by atoms with Crippen LogP contribution >= 0.6 is 0 Å². The van der Waals surface area contributed by atoms with Crippen molar-refractivity contribution in [2.24, 2.45) is 17.8 Å². The quantitative estimate of drug-likeness (QED) is 0.519. The number of ether oxygens (including phenoxy) is 2. The van der Waals surface area contributed by atoms with Gasteiger partial charge in [0, 0.05) is 5.92 Å². The number of fused-ring (bicyclic) bond motifs is 2. The third kappa shape index (κ3) is 2.01. The third-order valence-corrected chi connectivity index (χ3v) is 3.75. The summed E-state index contributed by atoms with van der Waals surface area (Å²) in [4.78, 5) is 10.9. The lowest BCUT2D eigenvalue weighted by molar-refractivity contribution is 0.0549. The highest BCUT2D eigenvalue weighted by Crippen LogP contribution is 2.51. The SMILES string of the molecule is C/C=C1\C[C@H]2CC(COC(=O)OC)[C@@H]1C2. The van der Waals surface area contributed by atoms with Crippen molar-refractivity contribution in [2.75, 3.05) is 13.7 Å². The van der Waals surface area contributed by atoms with Crippen molar-refractivity contribution in [1.82, 2.24) is 0 Å². The zero-order valence-electron chi connectivity index (χ0n) is 9.36. The van der Waals surface area contributed by atoms with Crippen LogP contribution in [0, 0.1) is 17.8 Å². The summed E-state index contributed by atoms with van der Waals surface area (Å²) in [5.41, 5.74) is 1.56. The lowest BCUT2D eigenvalue weighted by Gasteiger charge is -2.23. The van der Waals surface area contributed by atoms with E-state index in [1.54, 1.807) is 5.57 Å². The molecule has 84 valence electrons. The average Bonchev–Trinajstić information content (AvgIpc) is 2.84. The molecule has 0 aromatic heterocycles. The van der Waals surface area contributed by atoms with E-state index in [1.807, 2.05) is 0 Å². The molecule has 3 atom stereocenters. The maximum Gasteiger partial charge on any atom is 0.507 e. The maximum absolute atomic E-state index is 10.9. The highest BCUT2D eigenvalue weighted by Gasteiger charge is 2.42. The normalized spacial score (nSPS) is 35.9. The van der Waals surface area contributed by atoms with Gasteiger partial charge in [-0.2, -0.15) is 0 Å². The predicted octanol–water partition coefficient (Wildman–Crippen LogP) is 2.76. The summed E-state index contributed by atoms with van der Waals surface area (Å²) < 4.78 is 9.50. The van der Waals surface area contributed by atoms with Crippen LogP contribution in [0.15, 0.2) is 11.6 Å². The Labute approximate surface area is 90.4 Å². The van der Waals surface area contributed by atoms with Gasteiger partial charge < -0.3 is 9.47 Å². The molecule has 0 spiro atoms. The number of hydrogen-bond donors (Lipinski definition) is 0. The molecule has 0 heterocycles. The second-order valence-corrected chi connectivity index (χ2v) is 4.54. The number of carbonyl (C=O) groups excluding carboxylic acids is 1. The van der Waals surface area contributed by atoms with Crippen molar-refractivity contribution >= 4 is 6.16 Å². The molecule has 2 saturated carbocycles. The van der Waals surface area contributed by atoms with Crippen molar-refractivity contribution in [3.63, 3.8) is 0 Å². The molecule has 15 heavy (non-hydrogen) atoms. The van der Waals surface area contributed by atoms with E-state index >= 15 is 0 Å². The Morgan fingerprint density at radius 3 is 2.93 bits per heavy atom. The van der Waals surface area contributed by atoms with Crippen LogP contribution in [0.5, 0.6) is 0 Å². The molecule has 2 aliphatic rings. The van der Waals surface area contributed by atoms with Gasteiger partial charge in [-0.25, -0.2) is 4.79 Å². The first kappa shape index (κ1) is 10.5. The highest BCUT2D eigenvalue weighted by molar-refractivity contribution is 5.59. The lowest BCUT2D eigenvalue weighted by Crippen LogP contribution is -2.20. The molecule has 1 unspecified atom stereocenters. The molecule has 0 saturated heterocycles. The second kappa shape index (κ2) is 4.25. The van der Waals surface area contributed by atoms with Gasteiger partial charge >= 0.3 is 6.16 Å². The smallest absolute Gasteiger partial charge is 0.438 e. The van der Waals surface area contributed by atoms with E-state index in [4.69, 9.17) is 4.74 Å². The molecule has 2 rings (SSSR count). The summed E-state index contributed by atoms with van der Waals surface area (Å²) in [7, 11) is 1.35. The Morgan fingerprint density at radius 1 is 1.53 bits per heavy atom. The van der Waals surface area contributed by atoms with Gasteiger partial charge in [-0.15, -0.1) is 0 Å². The first-order chi connectivity index (χ1) is 7.24. The number of rotatable bonds is 2. The number of allylic oxidation sites excluding steroid dienone is 2. The average molecular weight is 210 g/mol. The molecule has 2 aliphatic carbocycles. The Morgan fingerprint density at radius 2 is 2.33 bits per heavy atom. The second-order valence-electron chi connectivity index (χ2n) is 4.54. The topological polar surface area (TPSA) is 35.5 Å². The fourth-order valence-electron chi connectivity index (χ4n) is 3.10. The third-order valence-electron chi connectivity index (χ3n) is 3.75. The number of methoxy groups -OCH3 is 1. The van der Waals surface area contributed by atoms with Gasteiger partial charge in [0.05, 0.1) is 13.7 Å². The molecule has 2 bridgehead atoms. The van der Waals surface area contributed by atoms with Crippen LogP contribution in [0.4, 0.5) is 4.79 Å². The van der Waals surface area contributed by atoms with Crippen molar-refractivity contribution in [3.8, 4) is 0 Å². The molecular weight excluding hydrogens is 192 g/mol. The lowest BCUT2D eigenvalue weighted by atomic mass is 9.85. The maximum atomic E-state index is 10.9. The minimum absolute atomic E-state index is 0.519. The van der Waals surface area contributed by atoms with Gasteiger partial charge in [0.2, 0.25) is 0 Å². The van der Waals surface area contributed by atoms with E-state index in [1.165, 1.54) is 26.4 Å². The summed E-state index contributed by atoms with van der Waals surface area (Å²) in [6, 6.07) is 0. The predicted molar refractivity (Wildman–Crippen MR) is 56.4 cm³/mol. The van der Waals surface area contributed by atoms with Crippen LogP contribution in [-0.2, 0) is 9.47 Å². The largest absolute Gasteiger partial charge is 0.507 e. The van der Waals surface area contributed by atoms with Crippen LogP contribution in [0.25, 0.3) is 0 Å². The molecule has 3 heteroatoms. The summed E-state index contributed by atoms with van der Waals surface area (Å²) in [5.74, 6) is 2.01. The van der Waals surface area contributed by atoms with Crippen LogP contribution in [0.1, 0.15) is 26.2 Å². The minimum atomic E-state index is -0.556.